The summed E-state index contributed by atoms with van der Waals surface area (Å²) in [5.41, 5.74) is 0. The van der Waals surface area contributed by atoms with E-state index >= 15 is 0 Å². The van der Waals surface area contributed by atoms with Crippen molar-refractivity contribution in [1.29, 1.82) is 0 Å². The maximum absolute atomic E-state index is 10.7. The number of aliphatic hydroxyl groups is 5. The van der Waals surface area contributed by atoms with Gasteiger partial charge >= 0.3 is 0 Å². The molecule has 0 amide bonds. The van der Waals surface area contributed by atoms with E-state index in [-0.39, 0.29) is 6.26 Å². The molecule has 0 bridgehead atoms. The Morgan fingerprint density at radius 1 is 1.42 bits per heavy atom. The fourth-order valence-electron chi connectivity index (χ4n) is 0.490. The SMILES string of the molecule is O=C(/C(O)=C\O)[C@@H](O)[C@H](O)CO. The van der Waals surface area contributed by atoms with Crippen LogP contribution in [0, 0.1) is 0 Å². The van der Waals surface area contributed by atoms with Crippen molar-refractivity contribution in [2.45, 2.75) is 12.2 Å². The summed E-state index contributed by atoms with van der Waals surface area (Å²) in [4.78, 5) is 10.7. The van der Waals surface area contributed by atoms with Gasteiger partial charge in [0, 0.05) is 0 Å². The van der Waals surface area contributed by atoms with Crippen LogP contribution in [0.25, 0.3) is 0 Å². The number of carbonyl (C=O) groups is 1. The fourth-order valence-corrected chi connectivity index (χ4v) is 0.490. The summed E-state index contributed by atoms with van der Waals surface area (Å²) in [6.07, 6.45) is -3.51. The Morgan fingerprint density at radius 3 is 2.25 bits per heavy atom. The van der Waals surface area contributed by atoms with Crippen LogP contribution in [-0.4, -0.2) is 50.1 Å². The molecule has 2 atom stereocenters. The molecular weight excluding hydrogens is 168 g/mol. The number of aliphatic hydroxyl groups excluding tert-OH is 5. The molecule has 0 fully saturated rings. The van der Waals surface area contributed by atoms with Crippen molar-refractivity contribution in [3.05, 3.63) is 12.0 Å². The second-order valence-corrected chi connectivity index (χ2v) is 2.07. The van der Waals surface area contributed by atoms with E-state index < -0.39 is 30.4 Å². The second-order valence-electron chi connectivity index (χ2n) is 2.07. The minimum Gasteiger partial charge on any atom is -0.512 e. The van der Waals surface area contributed by atoms with E-state index in [0.717, 1.165) is 0 Å². The Morgan fingerprint density at radius 2 is 1.92 bits per heavy atom. The molecule has 5 N–H and O–H groups in total. The molecule has 0 heterocycles. The Labute approximate surface area is 68.0 Å². The molecule has 0 spiro atoms. The van der Waals surface area contributed by atoms with Crippen molar-refractivity contribution in [2.75, 3.05) is 6.61 Å². The van der Waals surface area contributed by atoms with E-state index in [1.165, 1.54) is 0 Å². The van der Waals surface area contributed by atoms with Crippen molar-refractivity contribution in [3.8, 4) is 0 Å². The van der Waals surface area contributed by atoms with Crippen LogP contribution in [0.4, 0.5) is 0 Å². The quantitative estimate of drug-likeness (QED) is 0.257. The van der Waals surface area contributed by atoms with Crippen LogP contribution >= 0.6 is 0 Å². The number of hydrogen-bond acceptors (Lipinski definition) is 6. The summed E-state index contributed by atoms with van der Waals surface area (Å²) in [5, 5.41) is 42.5. The lowest BCUT2D eigenvalue weighted by atomic mass is 10.1. The number of hydrogen-bond donors (Lipinski definition) is 5. The van der Waals surface area contributed by atoms with Crippen LogP contribution in [0.3, 0.4) is 0 Å². The van der Waals surface area contributed by atoms with Gasteiger partial charge in [0.2, 0.25) is 5.78 Å². The largest absolute Gasteiger partial charge is 0.512 e. The Kier molecular flexibility index (Phi) is 4.27. The average Bonchev–Trinajstić information content (AvgIpc) is 2.12. The summed E-state index contributed by atoms with van der Waals surface area (Å²) in [6, 6.07) is 0. The molecular formula is C6H10O6. The van der Waals surface area contributed by atoms with Gasteiger partial charge in [0.25, 0.3) is 0 Å². The standard InChI is InChI=1S/C6H10O6/c7-1-3(9)5(11)6(12)4(10)2-8/h1,4,6-10,12H,2H2/b3-1+/t4-,6+/m1/s1. The number of carbonyl (C=O) groups excluding carboxylic acids is 1. The summed E-state index contributed by atoms with van der Waals surface area (Å²) in [7, 11) is 0. The molecule has 0 unspecified atom stereocenters. The minimum absolute atomic E-state index is 0.0929. The van der Waals surface area contributed by atoms with Crippen LogP contribution < -0.4 is 0 Å². The van der Waals surface area contributed by atoms with Gasteiger partial charge in [0.05, 0.1) is 6.61 Å². The highest BCUT2D eigenvalue weighted by atomic mass is 16.4. The lowest BCUT2D eigenvalue weighted by Crippen LogP contribution is -2.37. The Hall–Kier alpha value is -1.11. The van der Waals surface area contributed by atoms with Gasteiger partial charge in [-0.1, -0.05) is 0 Å². The molecule has 0 aromatic carbocycles. The highest BCUT2D eigenvalue weighted by Gasteiger charge is 2.26. The predicted octanol–water partition coefficient (Wildman–Crippen LogP) is -1.77. The smallest absolute Gasteiger partial charge is 0.231 e. The van der Waals surface area contributed by atoms with Crippen molar-refractivity contribution in [3.63, 3.8) is 0 Å². The first-order valence-corrected chi connectivity index (χ1v) is 3.09. The van der Waals surface area contributed by atoms with Gasteiger partial charge in [-0.25, -0.2) is 0 Å². The van der Waals surface area contributed by atoms with Crippen molar-refractivity contribution in [1.82, 2.24) is 0 Å². The summed E-state index contributed by atoms with van der Waals surface area (Å²) in [6.45, 7) is -0.814. The molecule has 0 saturated carbocycles. The fraction of sp³-hybridized carbons (Fsp3) is 0.500. The highest BCUT2D eigenvalue weighted by molar-refractivity contribution is 5.96. The molecule has 6 heteroatoms. The molecule has 0 aliphatic heterocycles. The van der Waals surface area contributed by atoms with Crippen molar-refractivity contribution in [2.24, 2.45) is 0 Å². The summed E-state index contributed by atoms with van der Waals surface area (Å²) in [5.74, 6) is -2.32. The van der Waals surface area contributed by atoms with E-state index in [1.807, 2.05) is 0 Å². The van der Waals surface area contributed by atoms with Crippen LogP contribution in [0.15, 0.2) is 12.0 Å². The molecule has 0 rings (SSSR count). The zero-order valence-corrected chi connectivity index (χ0v) is 6.08. The molecule has 0 aliphatic rings. The van der Waals surface area contributed by atoms with Gasteiger partial charge in [0.1, 0.15) is 18.5 Å². The van der Waals surface area contributed by atoms with E-state index in [2.05, 4.69) is 0 Å². The Balaban J connectivity index is 4.29. The van der Waals surface area contributed by atoms with Gasteiger partial charge in [-0.15, -0.1) is 0 Å². The molecule has 70 valence electrons. The lowest BCUT2D eigenvalue weighted by molar-refractivity contribution is -0.133. The van der Waals surface area contributed by atoms with Gasteiger partial charge in [-0.3, -0.25) is 4.79 Å². The highest BCUT2D eigenvalue weighted by Crippen LogP contribution is 2.00. The first kappa shape index (κ1) is 10.9. The van der Waals surface area contributed by atoms with Crippen molar-refractivity contribution < 1.29 is 30.3 Å². The van der Waals surface area contributed by atoms with E-state index in [9.17, 15) is 4.79 Å². The molecule has 0 aliphatic carbocycles. The predicted molar refractivity (Wildman–Crippen MR) is 37.4 cm³/mol. The number of Topliss-reactive ketones (excluding diaryl/α,β-unsaturated/α-hetero) is 1. The zero-order valence-electron chi connectivity index (χ0n) is 6.08. The van der Waals surface area contributed by atoms with Gasteiger partial charge in [-0.05, 0) is 0 Å². The molecule has 0 aromatic rings. The lowest BCUT2D eigenvalue weighted by Gasteiger charge is -2.12. The van der Waals surface area contributed by atoms with Crippen LogP contribution in [0.5, 0.6) is 0 Å². The summed E-state index contributed by atoms with van der Waals surface area (Å²) < 4.78 is 0. The van der Waals surface area contributed by atoms with Crippen LogP contribution in [0.1, 0.15) is 0 Å². The normalized spacial score (nSPS) is 17.1. The number of rotatable bonds is 4. The van der Waals surface area contributed by atoms with Crippen molar-refractivity contribution >= 4 is 5.78 Å². The third-order valence-electron chi connectivity index (χ3n) is 1.19. The van der Waals surface area contributed by atoms with Gasteiger partial charge in [-0.2, -0.15) is 0 Å². The molecule has 0 saturated heterocycles. The number of ketones is 1. The minimum atomic E-state index is -1.93. The topological polar surface area (TPSA) is 118 Å². The van der Waals surface area contributed by atoms with Crippen LogP contribution in [-0.2, 0) is 4.79 Å². The first-order valence-electron chi connectivity index (χ1n) is 3.09. The third kappa shape index (κ3) is 2.50. The van der Waals surface area contributed by atoms with Gasteiger partial charge < -0.3 is 25.5 Å². The molecule has 6 nitrogen and oxygen atoms in total. The van der Waals surface area contributed by atoms with E-state index in [1.54, 1.807) is 0 Å². The maximum atomic E-state index is 10.7. The average molecular weight is 178 g/mol. The second kappa shape index (κ2) is 4.70. The third-order valence-corrected chi connectivity index (χ3v) is 1.19. The molecule has 0 aromatic heterocycles. The molecule has 0 radical (unpaired) electrons. The van der Waals surface area contributed by atoms with Crippen LogP contribution in [0.2, 0.25) is 0 Å². The Bertz CT molecular complexity index is 186. The maximum Gasteiger partial charge on any atom is 0.231 e. The van der Waals surface area contributed by atoms with Gasteiger partial charge in [0.15, 0.2) is 5.76 Å². The first-order chi connectivity index (χ1) is 5.54. The monoisotopic (exact) mass is 178 g/mol. The van der Waals surface area contributed by atoms with E-state index in [0.29, 0.717) is 0 Å². The zero-order chi connectivity index (χ0) is 9.72. The van der Waals surface area contributed by atoms with E-state index in [4.69, 9.17) is 25.5 Å². The summed E-state index contributed by atoms with van der Waals surface area (Å²) >= 11 is 0. The molecule has 12 heavy (non-hydrogen) atoms.